The van der Waals surface area contributed by atoms with Crippen molar-refractivity contribution in [3.8, 4) is 5.75 Å². The molecule has 3 N–H and O–H groups in total. The average Bonchev–Trinajstić information content (AvgIpc) is 2.54. The van der Waals surface area contributed by atoms with E-state index in [1.54, 1.807) is 7.11 Å². The van der Waals surface area contributed by atoms with Crippen LogP contribution in [0.1, 0.15) is 5.56 Å². The molecule has 0 atom stereocenters. The van der Waals surface area contributed by atoms with Gasteiger partial charge in [0.05, 0.1) is 20.3 Å². The van der Waals surface area contributed by atoms with Crippen molar-refractivity contribution in [1.82, 2.24) is 10.2 Å². The van der Waals surface area contributed by atoms with Gasteiger partial charge in [-0.05, 0) is 24.1 Å². The molecule has 7 nitrogen and oxygen atoms in total. The first-order valence-corrected chi connectivity index (χ1v) is 7.04. The average molecular weight is 310 g/mol. The largest absolute Gasteiger partial charge is 0.497 e. The van der Waals surface area contributed by atoms with Crippen molar-refractivity contribution < 1.29 is 24.5 Å². The molecule has 0 spiro atoms. The fourth-order valence-corrected chi connectivity index (χ4v) is 1.89. The van der Waals surface area contributed by atoms with Crippen molar-refractivity contribution in [3.63, 3.8) is 0 Å². The zero-order chi connectivity index (χ0) is 16.4. The van der Waals surface area contributed by atoms with Gasteiger partial charge in [0.15, 0.2) is 0 Å². The first kappa shape index (κ1) is 17.9. The summed E-state index contributed by atoms with van der Waals surface area (Å²) in [5, 5.41) is 20.2. The van der Waals surface area contributed by atoms with Gasteiger partial charge in [-0.25, -0.2) is 0 Å². The normalized spacial score (nSPS) is 10.1. The third-order valence-corrected chi connectivity index (χ3v) is 3.08. The summed E-state index contributed by atoms with van der Waals surface area (Å²) >= 11 is 0. The molecule has 0 saturated carbocycles. The molecule has 0 aliphatic rings. The SMILES string of the molecule is COc1ccc(CCNC(=O)C(=O)N(CCO)CCO)cc1. The van der Waals surface area contributed by atoms with Gasteiger partial charge in [0.1, 0.15) is 5.75 Å². The number of amides is 2. The molecule has 22 heavy (non-hydrogen) atoms. The van der Waals surface area contributed by atoms with E-state index < -0.39 is 11.8 Å². The topological polar surface area (TPSA) is 99.1 Å². The van der Waals surface area contributed by atoms with Crippen molar-refractivity contribution in [2.45, 2.75) is 6.42 Å². The molecule has 0 aromatic heterocycles. The molecule has 0 heterocycles. The van der Waals surface area contributed by atoms with Crippen LogP contribution in [0.3, 0.4) is 0 Å². The van der Waals surface area contributed by atoms with E-state index in [0.29, 0.717) is 13.0 Å². The molecule has 0 saturated heterocycles. The minimum atomic E-state index is -0.752. The van der Waals surface area contributed by atoms with Crippen LogP contribution in [0.25, 0.3) is 0 Å². The highest BCUT2D eigenvalue weighted by Gasteiger charge is 2.20. The molecule has 0 fully saturated rings. The summed E-state index contributed by atoms with van der Waals surface area (Å²) in [6, 6.07) is 7.42. The number of nitrogens with zero attached hydrogens (tertiary/aromatic N) is 1. The minimum Gasteiger partial charge on any atom is -0.497 e. The number of benzene rings is 1. The molecule has 2 amide bonds. The van der Waals surface area contributed by atoms with Gasteiger partial charge in [-0.2, -0.15) is 0 Å². The van der Waals surface area contributed by atoms with Crippen LogP contribution in [0.15, 0.2) is 24.3 Å². The van der Waals surface area contributed by atoms with Crippen LogP contribution >= 0.6 is 0 Å². The first-order valence-electron chi connectivity index (χ1n) is 7.04. The number of hydrogen-bond acceptors (Lipinski definition) is 5. The number of methoxy groups -OCH3 is 1. The third-order valence-electron chi connectivity index (χ3n) is 3.08. The van der Waals surface area contributed by atoms with Crippen molar-refractivity contribution >= 4 is 11.8 Å². The zero-order valence-electron chi connectivity index (χ0n) is 12.6. The Kier molecular flexibility index (Phi) is 7.95. The standard InChI is InChI=1S/C15H22N2O5/c1-22-13-4-2-12(3-5-13)6-7-16-14(20)15(21)17(8-10-18)9-11-19/h2-5,18-19H,6-11H2,1H3,(H,16,20). The van der Waals surface area contributed by atoms with Crippen LogP contribution in [0, 0.1) is 0 Å². The van der Waals surface area contributed by atoms with Crippen molar-refractivity contribution in [1.29, 1.82) is 0 Å². The first-order chi connectivity index (χ1) is 10.6. The lowest BCUT2D eigenvalue weighted by molar-refractivity contribution is -0.146. The summed E-state index contributed by atoms with van der Waals surface area (Å²) in [6.45, 7) is -0.157. The second-order valence-corrected chi connectivity index (χ2v) is 4.59. The van der Waals surface area contributed by atoms with Gasteiger partial charge in [0.25, 0.3) is 0 Å². The summed E-state index contributed by atoms with van der Waals surface area (Å²) in [7, 11) is 1.59. The number of rotatable bonds is 8. The maximum atomic E-state index is 11.8. The Morgan fingerprint density at radius 3 is 2.23 bits per heavy atom. The Hall–Kier alpha value is -2.12. The van der Waals surface area contributed by atoms with E-state index in [-0.39, 0.29) is 26.3 Å². The predicted octanol–water partition coefficient (Wildman–Crippen LogP) is -0.833. The summed E-state index contributed by atoms with van der Waals surface area (Å²) in [5.74, 6) is -0.736. The van der Waals surface area contributed by atoms with Crippen LogP contribution in [0.2, 0.25) is 0 Å². The maximum Gasteiger partial charge on any atom is 0.312 e. The number of nitrogens with one attached hydrogen (secondary N) is 1. The predicted molar refractivity (Wildman–Crippen MR) is 80.5 cm³/mol. The van der Waals surface area contributed by atoms with Gasteiger partial charge in [0.2, 0.25) is 0 Å². The number of aliphatic hydroxyl groups is 2. The molecule has 7 heteroatoms. The van der Waals surface area contributed by atoms with Crippen molar-refractivity contribution in [3.05, 3.63) is 29.8 Å². The van der Waals surface area contributed by atoms with Crippen LogP contribution in [-0.2, 0) is 16.0 Å². The fourth-order valence-electron chi connectivity index (χ4n) is 1.89. The Labute approximate surface area is 129 Å². The van der Waals surface area contributed by atoms with Crippen molar-refractivity contribution in [2.75, 3.05) is 40.0 Å². The van der Waals surface area contributed by atoms with Crippen LogP contribution in [0.4, 0.5) is 0 Å². The van der Waals surface area contributed by atoms with Gasteiger partial charge in [-0.15, -0.1) is 0 Å². The van der Waals surface area contributed by atoms with E-state index in [4.69, 9.17) is 14.9 Å². The number of hydrogen-bond donors (Lipinski definition) is 3. The van der Waals surface area contributed by atoms with E-state index in [1.807, 2.05) is 24.3 Å². The highest BCUT2D eigenvalue weighted by Crippen LogP contribution is 2.11. The maximum absolute atomic E-state index is 11.8. The summed E-state index contributed by atoms with van der Waals surface area (Å²) in [6.07, 6.45) is 0.586. The van der Waals surface area contributed by atoms with E-state index in [0.717, 1.165) is 16.2 Å². The lowest BCUT2D eigenvalue weighted by Crippen LogP contribution is -2.45. The molecular formula is C15H22N2O5. The molecule has 1 rings (SSSR count). The Bertz CT molecular complexity index is 469. The van der Waals surface area contributed by atoms with E-state index >= 15 is 0 Å². The molecule has 122 valence electrons. The number of carbonyl (C=O) groups excluding carboxylic acids is 2. The highest BCUT2D eigenvalue weighted by molar-refractivity contribution is 6.35. The Morgan fingerprint density at radius 2 is 1.73 bits per heavy atom. The second kappa shape index (κ2) is 9.75. The molecule has 0 unspecified atom stereocenters. The van der Waals surface area contributed by atoms with Gasteiger partial charge >= 0.3 is 11.8 Å². The smallest absolute Gasteiger partial charge is 0.312 e. The van der Waals surface area contributed by atoms with E-state index in [1.165, 1.54) is 0 Å². The second-order valence-electron chi connectivity index (χ2n) is 4.59. The number of carbonyl (C=O) groups is 2. The minimum absolute atomic E-state index is 0.0191. The molecule has 1 aromatic rings. The zero-order valence-corrected chi connectivity index (χ0v) is 12.6. The highest BCUT2D eigenvalue weighted by atomic mass is 16.5. The van der Waals surface area contributed by atoms with Gasteiger partial charge < -0.3 is 25.2 Å². The molecule has 0 bridgehead atoms. The summed E-state index contributed by atoms with van der Waals surface area (Å²) in [5.41, 5.74) is 1.01. The summed E-state index contributed by atoms with van der Waals surface area (Å²) < 4.78 is 5.05. The van der Waals surface area contributed by atoms with E-state index in [2.05, 4.69) is 5.32 Å². The van der Waals surface area contributed by atoms with Crippen LogP contribution < -0.4 is 10.1 Å². The quantitative estimate of drug-likeness (QED) is 0.544. The van der Waals surface area contributed by atoms with Crippen LogP contribution in [-0.4, -0.2) is 66.9 Å². The van der Waals surface area contributed by atoms with Gasteiger partial charge in [-0.1, -0.05) is 12.1 Å². The van der Waals surface area contributed by atoms with E-state index in [9.17, 15) is 9.59 Å². The lowest BCUT2D eigenvalue weighted by atomic mass is 10.1. The fraction of sp³-hybridized carbons (Fsp3) is 0.467. The Morgan fingerprint density at radius 1 is 1.14 bits per heavy atom. The monoisotopic (exact) mass is 310 g/mol. The Balaban J connectivity index is 2.41. The van der Waals surface area contributed by atoms with Gasteiger partial charge in [0, 0.05) is 19.6 Å². The molecule has 0 aliphatic carbocycles. The molecule has 1 aromatic carbocycles. The molecular weight excluding hydrogens is 288 g/mol. The van der Waals surface area contributed by atoms with Gasteiger partial charge in [-0.3, -0.25) is 9.59 Å². The summed E-state index contributed by atoms with van der Waals surface area (Å²) in [4.78, 5) is 24.7. The van der Waals surface area contributed by atoms with Crippen LogP contribution in [0.5, 0.6) is 5.75 Å². The number of ether oxygens (including phenoxy) is 1. The molecule has 0 aliphatic heterocycles. The molecule has 0 radical (unpaired) electrons. The number of aliphatic hydroxyl groups excluding tert-OH is 2. The lowest BCUT2D eigenvalue weighted by Gasteiger charge is -2.19. The third kappa shape index (κ3) is 5.71. The van der Waals surface area contributed by atoms with Crippen molar-refractivity contribution in [2.24, 2.45) is 0 Å².